The van der Waals surface area contributed by atoms with E-state index in [1.54, 1.807) is 0 Å². The summed E-state index contributed by atoms with van der Waals surface area (Å²) in [7, 11) is 0. The first-order valence-corrected chi connectivity index (χ1v) is 5.40. The summed E-state index contributed by atoms with van der Waals surface area (Å²) in [5.41, 5.74) is 2.69. The fourth-order valence-electron chi connectivity index (χ4n) is 0.973. The Bertz CT molecular complexity index is 295. The van der Waals surface area contributed by atoms with Crippen molar-refractivity contribution in [3.05, 3.63) is 59.7 Å². The van der Waals surface area contributed by atoms with E-state index in [4.69, 9.17) is 0 Å². The number of aryl methyl sites for hydroxylation is 1. The van der Waals surface area contributed by atoms with Crippen LogP contribution >= 0.6 is 15.9 Å². The molecular weight excluding hydrogens is 280 g/mol. The minimum absolute atomic E-state index is 0. The maximum Gasteiger partial charge on any atom is 2.00 e. The normalized spacial score (nSPS) is 8.43. The van der Waals surface area contributed by atoms with E-state index in [0.29, 0.717) is 0 Å². The van der Waals surface area contributed by atoms with E-state index in [1.165, 1.54) is 11.1 Å². The third-order valence-corrected chi connectivity index (χ3v) is 2.36. The van der Waals surface area contributed by atoms with Crippen LogP contribution in [0.2, 0.25) is 0 Å². The van der Waals surface area contributed by atoms with Crippen LogP contribution in [0.1, 0.15) is 11.1 Å². The molecule has 0 aliphatic heterocycles. The fourth-order valence-corrected chi connectivity index (χ4v) is 1.35. The molecule has 0 amide bonds. The van der Waals surface area contributed by atoms with Gasteiger partial charge in [0.2, 0.25) is 0 Å². The van der Waals surface area contributed by atoms with Gasteiger partial charge in [-0.1, -0.05) is 22.9 Å². The van der Waals surface area contributed by atoms with Gasteiger partial charge >= 0.3 is 17.1 Å². The van der Waals surface area contributed by atoms with Gasteiger partial charge in [-0.25, -0.2) is 24.3 Å². The molecular formula is C12H13BrFe. The first kappa shape index (κ1) is 13.7. The largest absolute Gasteiger partial charge is 2.00 e. The van der Waals surface area contributed by atoms with Gasteiger partial charge in [-0.3, -0.25) is 0 Å². The van der Waals surface area contributed by atoms with Gasteiger partial charge in [0.1, 0.15) is 0 Å². The van der Waals surface area contributed by atoms with Crippen LogP contribution in [0, 0.1) is 6.92 Å². The Labute approximate surface area is 105 Å². The Hall–Kier alpha value is -0.301. The van der Waals surface area contributed by atoms with Crippen LogP contribution in [-0.2, 0) is 22.4 Å². The van der Waals surface area contributed by atoms with E-state index in [1.807, 2.05) is 24.3 Å². The average Bonchev–Trinajstić information content (AvgIpc) is 2.76. The summed E-state index contributed by atoms with van der Waals surface area (Å²) in [6, 6.07) is 16.5. The molecule has 0 unspecified atom stereocenters. The van der Waals surface area contributed by atoms with Crippen LogP contribution in [0.3, 0.4) is 0 Å². The molecule has 2 aromatic carbocycles. The van der Waals surface area contributed by atoms with Crippen LogP contribution in [0.4, 0.5) is 0 Å². The number of hydrogen-bond acceptors (Lipinski definition) is 0. The molecule has 0 saturated heterocycles. The van der Waals surface area contributed by atoms with Crippen molar-refractivity contribution >= 4 is 15.9 Å². The average molecular weight is 293 g/mol. The molecule has 0 spiro atoms. The Morgan fingerprint density at radius 3 is 2.00 bits per heavy atom. The molecule has 0 fully saturated rings. The van der Waals surface area contributed by atoms with Crippen molar-refractivity contribution in [2.45, 2.75) is 12.3 Å². The molecule has 0 nitrogen and oxygen atoms in total. The van der Waals surface area contributed by atoms with Gasteiger partial charge in [-0.05, 0) is 0 Å². The number of rotatable bonds is 1. The summed E-state index contributed by atoms with van der Waals surface area (Å²) in [5.74, 6) is 0. The van der Waals surface area contributed by atoms with E-state index in [9.17, 15) is 0 Å². The van der Waals surface area contributed by atoms with Crippen molar-refractivity contribution in [2.24, 2.45) is 0 Å². The molecule has 0 aliphatic rings. The van der Waals surface area contributed by atoms with E-state index in [0.717, 1.165) is 5.33 Å². The number of halogens is 1. The minimum Gasteiger partial charge on any atom is -0.213 e. The van der Waals surface area contributed by atoms with Crippen LogP contribution in [0.25, 0.3) is 0 Å². The Morgan fingerprint density at radius 1 is 1.14 bits per heavy atom. The van der Waals surface area contributed by atoms with E-state index in [2.05, 4.69) is 47.1 Å². The van der Waals surface area contributed by atoms with Gasteiger partial charge in [0, 0.05) is 5.33 Å². The molecule has 0 N–H and O–H groups in total. The van der Waals surface area contributed by atoms with Crippen molar-refractivity contribution < 1.29 is 17.1 Å². The Morgan fingerprint density at radius 2 is 1.79 bits per heavy atom. The first-order chi connectivity index (χ1) is 6.33. The predicted molar refractivity (Wildman–Crippen MR) is 61.4 cm³/mol. The summed E-state index contributed by atoms with van der Waals surface area (Å²) >= 11 is 3.34. The zero-order chi connectivity index (χ0) is 9.52. The number of alkyl halides is 1. The summed E-state index contributed by atoms with van der Waals surface area (Å²) in [6.07, 6.45) is 0. The van der Waals surface area contributed by atoms with Gasteiger partial charge in [0.05, 0.1) is 0 Å². The predicted octanol–water partition coefficient (Wildman–Crippen LogP) is 4.01. The van der Waals surface area contributed by atoms with Crippen molar-refractivity contribution in [1.29, 1.82) is 0 Å². The van der Waals surface area contributed by atoms with Crippen molar-refractivity contribution in [3.63, 3.8) is 0 Å². The molecule has 0 bridgehead atoms. The third kappa shape index (κ3) is 5.43. The summed E-state index contributed by atoms with van der Waals surface area (Å²) in [4.78, 5) is 0. The Balaban J connectivity index is 0.000000227. The van der Waals surface area contributed by atoms with Gasteiger partial charge in [0.25, 0.3) is 0 Å². The second-order valence-electron chi connectivity index (χ2n) is 2.89. The van der Waals surface area contributed by atoms with E-state index < -0.39 is 0 Å². The van der Waals surface area contributed by atoms with Crippen LogP contribution < -0.4 is 0 Å². The maximum atomic E-state index is 3.34. The van der Waals surface area contributed by atoms with Gasteiger partial charge < -0.3 is 0 Å². The van der Waals surface area contributed by atoms with Crippen LogP contribution in [-0.4, -0.2) is 0 Å². The van der Waals surface area contributed by atoms with Crippen LogP contribution in [0.15, 0.2) is 48.5 Å². The zero-order valence-corrected chi connectivity index (χ0v) is 10.7. The molecule has 14 heavy (non-hydrogen) atoms. The standard InChI is InChI=1S/C6H6Br.C6H7.Fe/c7-5-6-3-1-2-4-6;1-6-4-2-3-5-6;/h1-4H,5H2;2-5H,1H3;/q2*-1;+2. The second-order valence-corrected chi connectivity index (χ2v) is 3.45. The van der Waals surface area contributed by atoms with Gasteiger partial charge in [-0.15, -0.1) is 0 Å². The fraction of sp³-hybridized carbons (Fsp3) is 0.167. The number of hydrogen-bond donors (Lipinski definition) is 0. The quantitative estimate of drug-likeness (QED) is 0.423. The summed E-state index contributed by atoms with van der Waals surface area (Å²) in [6.45, 7) is 2.08. The van der Waals surface area contributed by atoms with Gasteiger partial charge in [0.15, 0.2) is 0 Å². The topological polar surface area (TPSA) is 0 Å². The molecule has 76 valence electrons. The van der Waals surface area contributed by atoms with Crippen molar-refractivity contribution in [1.82, 2.24) is 0 Å². The zero-order valence-electron chi connectivity index (χ0n) is 8.06. The van der Waals surface area contributed by atoms with Crippen molar-refractivity contribution in [2.75, 3.05) is 0 Å². The molecule has 0 radical (unpaired) electrons. The molecule has 0 atom stereocenters. The van der Waals surface area contributed by atoms with Gasteiger partial charge in [-0.2, -0.15) is 35.4 Å². The maximum absolute atomic E-state index is 3.34. The van der Waals surface area contributed by atoms with E-state index in [-0.39, 0.29) is 17.1 Å². The summed E-state index contributed by atoms with van der Waals surface area (Å²) < 4.78 is 0. The molecule has 2 rings (SSSR count). The van der Waals surface area contributed by atoms with E-state index >= 15 is 0 Å². The van der Waals surface area contributed by atoms with Crippen LogP contribution in [0.5, 0.6) is 0 Å². The van der Waals surface area contributed by atoms with Crippen molar-refractivity contribution in [3.8, 4) is 0 Å². The Kier molecular flexibility index (Phi) is 7.87. The molecule has 0 aliphatic carbocycles. The third-order valence-electron chi connectivity index (χ3n) is 1.72. The molecule has 0 heterocycles. The SMILES string of the molecule is BrCc1ccc[cH-]1.Cc1ccc[cH-]1.[Fe+2]. The monoisotopic (exact) mass is 292 g/mol. The molecule has 2 heteroatoms. The molecule has 0 aromatic heterocycles. The molecule has 2 aromatic rings. The minimum atomic E-state index is 0. The summed E-state index contributed by atoms with van der Waals surface area (Å²) in [5, 5.41) is 0.972. The molecule has 0 saturated carbocycles. The first-order valence-electron chi connectivity index (χ1n) is 4.28. The smallest absolute Gasteiger partial charge is 0.213 e. The second kappa shape index (κ2) is 8.04.